The minimum atomic E-state index is -0.384. The second-order valence-electron chi connectivity index (χ2n) is 4.73. The van der Waals surface area contributed by atoms with Crippen LogP contribution in [-0.2, 0) is 4.74 Å². The standard InChI is InChI=1S/C17H14N2O3S/c1-2-22-17(20)15-14(12-6-4-3-5-7-12)18-16(23-15)13-8-10-19(21)11-9-13/h3-11H,2H2,1H3. The van der Waals surface area contributed by atoms with Gasteiger partial charge in [-0.1, -0.05) is 30.3 Å². The van der Waals surface area contributed by atoms with E-state index in [1.807, 2.05) is 30.3 Å². The molecule has 0 bridgehead atoms. The van der Waals surface area contributed by atoms with Crippen LogP contribution in [0.15, 0.2) is 54.9 Å². The summed E-state index contributed by atoms with van der Waals surface area (Å²) in [7, 11) is 0. The van der Waals surface area contributed by atoms with E-state index >= 15 is 0 Å². The van der Waals surface area contributed by atoms with Gasteiger partial charge in [-0.3, -0.25) is 0 Å². The number of esters is 1. The molecule has 0 spiro atoms. The Labute approximate surface area is 137 Å². The van der Waals surface area contributed by atoms with Crippen molar-refractivity contribution in [2.75, 3.05) is 6.61 Å². The molecule has 1 aromatic carbocycles. The largest absolute Gasteiger partial charge is 0.619 e. The van der Waals surface area contributed by atoms with Gasteiger partial charge in [0.15, 0.2) is 12.4 Å². The minimum Gasteiger partial charge on any atom is -0.619 e. The fraction of sp³-hybridized carbons (Fsp3) is 0.118. The zero-order valence-corrected chi connectivity index (χ0v) is 13.2. The Morgan fingerprint density at radius 3 is 2.52 bits per heavy atom. The van der Waals surface area contributed by atoms with Crippen molar-refractivity contribution < 1.29 is 14.3 Å². The predicted molar refractivity (Wildman–Crippen MR) is 87.9 cm³/mol. The molecule has 0 fully saturated rings. The lowest BCUT2D eigenvalue weighted by molar-refractivity contribution is -0.605. The smallest absolute Gasteiger partial charge is 0.350 e. The maximum atomic E-state index is 12.2. The molecule has 0 radical (unpaired) electrons. The predicted octanol–water partition coefficient (Wildman–Crippen LogP) is 3.29. The average Bonchev–Trinajstić information content (AvgIpc) is 3.02. The number of carbonyl (C=O) groups is 1. The highest BCUT2D eigenvalue weighted by molar-refractivity contribution is 7.17. The molecule has 0 aliphatic rings. The molecule has 0 atom stereocenters. The normalized spacial score (nSPS) is 10.5. The molecule has 0 aliphatic heterocycles. The molecular weight excluding hydrogens is 312 g/mol. The summed E-state index contributed by atoms with van der Waals surface area (Å²) in [5, 5.41) is 11.8. The Bertz CT molecular complexity index is 814. The number of ether oxygens (including phenoxy) is 1. The van der Waals surface area contributed by atoms with Crippen molar-refractivity contribution in [1.29, 1.82) is 0 Å². The van der Waals surface area contributed by atoms with Crippen molar-refractivity contribution >= 4 is 17.3 Å². The number of pyridine rings is 1. The number of hydrogen-bond acceptors (Lipinski definition) is 5. The van der Waals surface area contributed by atoms with Crippen molar-refractivity contribution in [2.24, 2.45) is 0 Å². The minimum absolute atomic E-state index is 0.307. The third-order valence-corrected chi connectivity index (χ3v) is 4.27. The molecule has 23 heavy (non-hydrogen) atoms. The maximum absolute atomic E-state index is 12.2. The van der Waals surface area contributed by atoms with Gasteiger partial charge in [0, 0.05) is 23.3 Å². The molecule has 0 amide bonds. The van der Waals surface area contributed by atoms with Gasteiger partial charge in [-0.2, -0.15) is 4.73 Å². The van der Waals surface area contributed by atoms with Crippen molar-refractivity contribution in [3.63, 3.8) is 0 Å². The first-order chi connectivity index (χ1) is 11.2. The molecule has 0 saturated heterocycles. The number of benzene rings is 1. The van der Waals surface area contributed by atoms with E-state index in [4.69, 9.17) is 4.74 Å². The van der Waals surface area contributed by atoms with E-state index in [2.05, 4.69) is 4.98 Å². The lowest BCUT2D eigenvalue weighted by Crippen LogP contribution is -2.23. The van der Waals surface area contributed by atoms with Crippen LogP contribution in [0.1, 0.15) is 16.6 Å². The van der Waals surface area contributed by atoms with Crippen molar-refractivity contribution in [3.05, 3.63) is 64.9 Å². The maximum Gasteiger partial charge on any atom is 0.350 e. The number of hydrogen-bond donors (Lipinski definition) is 0. The first kappa shape index (κ1) is 15.2. The Hall–Kier alpha value is -2.73. The van der Waals surface area contributed by atoms with Crippen LogP contribution in [0.2, 0.25) is 0 Å². The third kappa shape index (κ3) is 3.22. The molecule has 6 heteroatoms. The van der Waals surface area contributed by atoms with Crippen molar-refractivity contribution in [3.8, 4) is 21.8 Å². The van der Waals surface area contributed by atoms with E-state index in [-0.39, 0.29) is 5.97 Å². The van der Waals surface area contributed by atoms with Gasteiger partial charge in [0.2, 0.25) is 0 Å². The number of thiazole rings is 1. The van der Waals surface area contributed by atoms with Crippen LogP contribution < -0.4 is 4.73 Å². The van der Waals surface area contributed by atoms with E-state index in [1.165, 1.54) is 23.7 Å². The number of aromatic nitrogens is 2. The fourth-order valence-corrected chi connectivity index (χ4v) is 3.11. The lowest BCUT2D eigenvalue weighted by Gasteiger charge is -2.01. The number of carbonyl (C=O) groups excluding carboxylic acids is 1. The van der Waals surface area contributed by atoms with Gasteiger partial charge in [0.25, 0.3) is 0 Å². The fourth-order valence-electron chi connectivity index (χ4n) is 2.13. The van der Waals surface area contributed by atoms with Crippen molar-refractivity contribution in [1.82, 2.24) is 4.98 Å². The number of nitrogens with zero attached hydrogens (tertiary/aromatic N) is 2. The molecule has 3 rings (SSSR count). The van der Waals surface area contributed by atoms with Gasteiger partial charge < -0.3 is 9.94 Å². The second kappa shape index (κ2) is 6.58. The quantitative estimate of drug-likeness (QED) is 0.419. The summed E-state index contributed by atoms with van der Waals surface area (Å²) in [6, 6.07) is 12.9. The summed E-state index contributed by atoms with van der Waals surface area (Å²) in [6.45, 7) is 2.08. The van der Waals surface area contributed by atoms with Crippen LogP contribution in [0.3, 0.4) is 0 Å². The molecule has 0 N–H and O–H groups in total. The van der Waals surface area contributed by atoms with Gasteiger partial charge >= 0.3 is 5.97 Å². The van der Waals surface area contributed by atoms with E-state index < -0.39 is 0 Å². The van der Waals surface area contributed by atoms with Gasteiger partial charge in [-0.05, 0) is 6.92 Å². The Morgan fingerprint density at radius 1 is 1.17 bits per heavy atom. The van der Waals surface area contributed by atoms with Gasteiger partial charge in [0.05, 0.1) is 12.3 Å². The molecule has 0 aliphatic carbocycles. The summed E-state index contributed by atoms with van der Waals surface area (Å²) in [5.74, 6) is -0.384. The summed E-state index contributed by atoms with van der Waals surface area (Å²) in [6.07, 6.45) is 2.81. The first-order valence-corrected chi connectivity index (χ1v) is 7.93. The molecule has 5 nitrogen and oxygen atoms in total. The lowest BCUT2D eigenvalue weighted by atomic mass is 10.1. The molecule has 3 aromatic rings. The highest BCUT2D eigenvalue weighted by Crippen LogP contribution is 2.34. The summed E-state index contributed by atoms with van der Waals surface area (Å²) >= 11 is 1.26. The molecular formula is C17H14N2O3S. The summed E-state index contributed by atoms with van der Waals surface area (Å²) in [4.78, 5) is 17.3. The zero-order valence-electron chi connectivity index (χ0n) is 12.4. The average molecular weight is 326 g/mol. The van der Waals surface area contributed by atoms with Gasteiger partial charge in [0.1, 0.15) is 9.88 Å². The summed E-state index contributed by atoms with van der Waals surface area (Å²) in [5.41, 5.74) is 2.24. The Kier molecular flexibility index (Phi) is 4.34. The SMILES string of the molecule is CCOC(=O)c1sc(-c2cc[n+]([O-])cc2)nc1-c1ccccc1. The van der Waals surface area contributed by atoms with E-state index in [1.54, 1.807) is 19.1 Å². The van der Waals surface area contributed by atoms with Crippen LogP contribution in [0.25, 0.3) is 21.8 Å². The Balaban J connectivity index is 2.10. The van der Waals surface area contributed by atoms with E-state index in [9.17, 15) is 10.0 Å². The van der Waals surface area contributed by atoms with Crippen LogP contribution >= 0.6 is 11.3 Å². The highest BCUT2D eigenvalue weighted by atomic mass is 32.1. The molecule has 2 heterocycles. The van der Waals surface area contributed by atoms with Crippen LogP contribution in [0, 0.1) is 5.21 Å². The van der Waals surface area contributed by atoms with Gasteiger partial charge in [-0.25, -0.2) is 9.78 Å². The van der Waals surface area contributed by atoms with Crippen LogP contribution in [0.4, 0.5) is 0 Å². The zero-order chi connectivity index (χ0) is 16.2. The first-order valence-electron chi connectivity index (χ1n) is 7.11. The van der Waals surface area contributed by atoms with Crippen LogP contribution in [0.5, 0.6) is 0 Å². The summed E-state index contributed by atoms with van der Waals surface area (Å²) < 4.78 is 5.85. The monoisotopic (exact) mass is 326 g/mol. The molecule has 0 unspecified atom stereocenters. The Morgan fingerprint density at radius 2 is 1.87 bits per heavy atom. The van der Waals surface area contributed by atoms with E-state index in [0.29, 0.717) is 26.9 Å². The highest BCUT2D eigenvalue weighted by Gasteiger charge is 2.21. The van der Waals surface area contributed by atoms with Gasteiger partial charge in [-0.15, -0.1) is 11.3 Å². The third-order valence-electron chi connectivity index (χ3n) is 3.18. The topological polar surface area (TPSA) is 66.1 Å². The van der Waals surface area contributed by atoms with Crippen LogP contribution in [-0.4, -0.2) is 17.6 Å². The second-order valence-corrected chi connectivity index (χ2v) is 5.73. The molecule has 0 saturated carbocycles. The molecule has 2 aromatic heterocycles. The van der Waals surface area contributed by atoms with Crippen molar-refractivity contribution in [2.45, 2.75) is 6.92 Å². The number of rotatable bonds is 4. The van der Waals surface area contributed by atoms with E-state index in [0.717, 1.165) is 11.1 Å². The molecule has 116 valence electrons.